The molecular weight excluding hydrogens is 562 g/mol. The third-order valence-electron chi connectivity index (χ3n) is 7.77. The maximum Gasteiger partial charge on any atom is 0.265 e. The van der Waals surface area contributed by atoms with Crippen molar-refractivity contribution < 1.29 is 9.59 Å². The third-order valence-corrected chi connectivity index (χ3v) is 9.08. The van der Waals surface area contributed by atoms with Crippen molar-refractivity contribution in [3.63, 3.8) is 0 Å². The molecule has 212 valence electrons. The van der Waals surface area contributed by atoms with Gasteiger partial charge in [-0.1, -0.05) is 71.9 Å². The van der Waals surface area contributed by atoms with Crippen LogP contribution in [0.2, 0.25) is 5.02 Å². The Bertz CT molecular complexity index is 1670. The average Bonchev–Trinajstić information content (AvgIpc) is 2.99. The van der Waals surface area contributed by atoms with E-state index in [4.69, 9.17) is 11.6 Å². The fourth-order valence-corrected chi connectivity index (χ4v) is 6.90. The Kier molecular flexibility index (Phi) is 8.09. The average molecular weight is 594 g/mol. The Morgan fingerprint density at radius 2 is 1.74 bits per heavy atom. The van der Waals surface area contributed by atoms with Gasteiger partial charge in [-0.25, -0.2) is 0 Å². The van der Waals surface area contributed by atoms with Gasteiger partial charge in [-0.05, 0) is 85.1 Å². The van der Waals surface area contributed by atoms with Crippen molar-refractivity contribution in [1.82, 2.24) is 4.90 Å². The molecule has 5 nitrogen and oxygen atoms in total. The van der Waals surface area contributed by atoms with Crippen molar-refractivity contribution in [3.8, 4) is 0 Å². The lowest BCUT2D eigenvalue weighted by molar-refractivity contribution is -0.114. The minimum Gasteiger partial charge on any atom is -0.365 e. The predicted molar refractivity (Wildman–Crippen MR) is 173 cm³/mol. The number of anilines is 2. The Morgan fingerprint density at radius 1 is 0.952 bits per heavy atom. The topological polar surface area (TPSA) is 43.9 Å². The summed E-state index contributed by atoms with van der Waals surface area (Å²) in [6, 6.07) is 31.9. The van der Waals surface area contributed by atoms with Crippen LogP contribution in [0.1, 0.15) is 34.0 Å². The number of carbonyl (C=O) groups excluding carboxylic acids is 2. The van der Waals surface area contributed by atoms with Crippen LogP contribution in [-0.4, -0.2) is 42.4 Å². The number of rotatable bonds is 5. The van der Waals surface area contributed by atoms with E-state index in [0.29, 0.717) is 35.1 Å². The lowest BCUT2D eigenvalue weighted by Crippen LogP contribution is -2.53. The zero-order chi connectivity index (χ0) is 29.2. The number of hydrogen-bond donors (Lipinski definition) is 0. The number of piperazine rings is 1. The third kappa shape index (κ3) is 5.96. The summed E-state index contributed by atoms with van der Waals surface area (Å²) in [6.45, 7) is 6.85. The monoisotopic (exact) mass is 593 g/mol. The van der Waals surface area contributed by atoms with Gasteiger partial charge in [0.1, 0.15) is 0 Å². The van der Waals surface area contributed by atoms with Gasteiger partial charge in [-0.2, -0.15) is 0 Å². The fraction of sp³-hybridized carbons (Fsp3) is 0.200. The largest absolute Gasteiger partial charge is 0.365 e. The second-order valence-corrected chi connectivity index (χ2v) is 12.4. The summed E-state index contributed by atoms with van der Waals surface area (Å²) in [6.07, 6.45) is 1.91. The molecular formula is C35H32ClN3O2S. The molecule has 42 heavy (non-hydrogen) atoms. The Morgan fingerprint density at radius 3 is 2.50 bits per heavy atom. The van der Waals surface area contributed by atoms with Crippen molar-refractivity contribution >= 4 is 52.6 Å². The van der Waals surface area contributed by atoms with Gasteiger partial charge in [-0.3, -0.25) is 9.59 Å². The van der Waals surface area contributed by atoms with Crippen LogP contribution in [0.25, 0.3) is 6.08 Å². The minimum atomic E-state index is -0.0562. The number of benzene rings is 4. The Hall–Kier alpha value is -4.00. The van der Waals surface area contributed by atoms with Crippen LogP contribution in [-0.2, 0) is 11.3 Å². The molecule has 2 aliphatic rings. The van der Waals surface area contributed by atoms with Gasteiger partial charge in [0.25, 0.3) is 11.8 Å². The molecule has 2 amide bonds. The summed E-state index contributed by atoms with van der Waals surface area (Å²) < 4.78 is 0. The van der Waals surface area contributed by atoms with Crippen molar-refractivity contribution in [3.05, 3.63) is 129 Å². The quantitative estimate of drug-likeness (QED) is 0.223. The molecule has 1 atom stereocenters. The molecule has 0 radical (unpaired) electrons. The van der Waals surface area contributed by atoms with E-state index in [1.165, 1.54) is 23.0 Å². The maximum absolute atomic E-state index is 13.7. The van der Waals surface area contributed by atoms with Gasteiger partial charge < -0.3 is 14.7 Å². The minimum absolute atomic E-state index is 0.0367. The van der Waals surface area contributed by atoms with Crippen LogP contribution >= 0.6 is 23.4 Å². The number of aryl methyl sites for hydroxylation is 1. The van der Waals surface area contributed by atoms with Gasteiger partial charge in [0, 0.05) is 46.8 Å². The van der Waals surface area contributed by atoms with Crippen LogP contribution in [0.4, 0.5) is 11.4 Å². The lowest BCUT2D eigenvalue weighted by Gasteiger charge is -2.41. The van der Waals surface area contributed by atoms with Crippen LogP contribution in [0.5, 0.6) is 0 Å². The number of thioether (sulfide) groups is 1. The number of fused-ring (bicyclic) bond motifs is 1. The SMILES string of the molecule is Cc1cccc(N2CCN(C(=O)c3ccc(/C=C4/Sc5ccccc5N(Cc5cccc(Cl)c5)C4=O)cc3)CC2C)c1. The molecule has 0 saturated carbocycles. The number of halogens is 1. The van der Waals surface area contributed by atoms with Gasteiger partial charge in [-0.15, -0.1) is 0 Å². The van der Waals surface area contributed by atoms with Gasteiger partial charge in [0.15, 0.2) is 0 Å². The zero-order valence-corrected chi connectivity index (χ0v) is 25.2. The standard InChI is InChI=1S/C35H32ClN3O2S/c1-24-7-5-10-30(19-24)38-18-17-37(22-25(38)2)34(40)28-15-13-26(14-16-28)21-33-35(41)39(23-27-8-6-9-29(36)20-27)31-11-3-4-12-32(31)42-33/h3-16,19-21,25H,17-18,22-23H2,1-2H3/b33-21+. The second-order valence-electron chi connectivity index (χ2n) is 10.9. The summed E-state index contributed by atoms with van der Waals surface area (Å²) in [5, 5.41) is 0.646. The van der Waals surface area contributed by atoms with E-state index in [-0.39, 0.29) is 17.9 Å². The van der Waals surface area contributed by atoms with E-state index in [0.717, 1.165) is 28.3 Å². The molecule has 1 unspecified atom stereocenters. The van der Waals surface area contributed by atoms with E-state index in [1.54, 1.807) is 4.90 Å². The summed E-state index contributed by atoms with van der Waals surface area (Å²) in [4.78, 5) is 34.8. The Labute approximate surface area is 256 Å². The molecule has 0 aromatic heterocycles. The molecule has 2 aliphatic heterocycles. The highest BCUT2D eigenvalue weighted by atomic mass is 35.5. The highest BCUT2D eigenvalue weighted by Gasteiger charge is 2.30. The van der Waals surface area contributed by atoms with Crippen LogP contribution in [0, 0.1) is 6.92 Å². The number of nitrogens with zero attached hydrogens (tertiary/aromatic N) is 3. The summed E-state index contributed by atoms with van der Waals surface area (Å²) in [5.41, 5.74) is 5.83. The predicted octanol–water partition coefficient (Wildman–Crippen LogP) is 7.68. The number of carbonyl (C=O) groups is 2. The summed E-state index contributed by atoms with van der Waals surface area (Å²) in [7, 11) is 0. The van der Waals surface area contributed by atoms with Crippen molar-refractivity contribution in [1.29, 1.82) is 0 Å². The van der Waals surface area contributed by atoms with E-state index < -0.39 is 0 Å². The van der Waals surface area contributed by atoms with E-state index in [9.17, 15) is 9.59 Å². The highest BCUT2D eigenvalue weighted by Crippen LogP contribution is 2.42. The van der Waals surface area contributed by atoms with E-state index in [1.807, 2.05) is 83.8 Å². The zero-order valence-electron chi connectivity index (χ0n) is 23.7. The van der Waals surface area contributed by atoms with E-state index in [2.05, 4.69) is 43.0 Å². The van der Waals surface area contributed by atoms with Gasteiger partial charge >= 0.3 is 0 Å². The molecule has 4 aromatic rings. The van der Waals surface area contributed by atoms with Crippen molar-refractivity contribution in [2.45, 2.75) is 31.3 Å². The van der Waals surface area contributed by atoms with Crippen LogP contribution in [0.3, 0.4) is 0 Å². The normalized spacial score (nSPS) is 17.9. The Balaban J connectivity index is 1.17. The molecule has 6 rings (SSSR count). The first kappa shape index (κ1) is 28.1. The maximum atomic E-state index is 13.7. The van der Waals surface area contributed by atoms with Gasteiger partial charge in [0.2, 0.25) is 0 Å². The smallest absolute Gasteiger partial charge is 0.265 e. The molecule has 7 heteroatoms. The first-order chi connectivity index (χ1) is 20.4. The molecule has 2 heterocycles. The fourth-order valence-electron chi connectivity index (χ4n) is 5.63. The first-order valence-corrected chi connectivity index (χ1v) is 15.3. The molecule has 1 saturated heterocycles. The molecule has 0 aliphatic carbocycles. The molecule has 4 aromatic carbocycles. The molecule has 0 N–H and O–H groups in total. The molecule has 0 spiro atoms. The van der Waals surface area contributed by atoms with Crippen LogP contribution < -0.4 is 9.80 Å². The number of amides is 2. The summed E-state index contributed by atoms with van der Waals surface area (Å²) >= 11 is 7.69. The van der Waals surface area contributed by atoms with E-state index >= 15 is 0 Å². The summed E-state index contributed by atoms with van der Waals surface area (Å²) in [5.74, 6) is -0.0195. The first-order valence-electron chi connectivity index (χ1n) is 14.1. The second kappa shape index (κ2) is 12.1. The lowest BCUT2D eigenvalue weighted by atomic mass is 10.1. The van der Waals surface area contributed by atoms with Gasteiger partial charge in [0.05, 0.1) is 17.1 Å². The molecule has 0 bridgehead atoms. The van der Waals surface area contributed by atoms with Crippen molar-refractivity contribution in [2.75, 3.05) is 29.4 Å². The van der Waals surface area contributed by atoms with Crippen LogP contribution in [0.15, 0.2) is 107 Å². The molecule has 1 fully saturated rings. The highest BCUT2D eigenvalue weighted by molar-refractivity contribution is 8.04. The number of para-hydroxylation sites is 1. The number of hydrogen-bond acceptors (Lipinski definition) is 4. The van der Waals surface area contributed by atoms with Crippen molar-refractivity contribution in [2.24, 2.45) is 0 Å².